The molecule has 0 radical (unpaired) electrons. The molecule has 3 aliphatic heterocycles. The average molecular weight is 413 g/mol. The van der Waals surface area contributed by atoms with Crippen LogP contribution in [0, 0.1) is 17.8 Å². The van der Waals surface area contributed by atoms with Crippen LogP contribution in [0.25, 0.3) is 0 Å². The largest absolute Gasteiger partial charge is 0.395 e. The quantitative estimate of drug-likeness (QED) is 0.742. The molecule has 4 atom stereocenters. The highest BCUT2D eigenvalue weighted by Gasteiger charge is 2.49. The van der Waals surface area contributed by atoms with E-state index in [-0.39, 0.29) is 12.6 Å². The molecule has 0 bridgehead atoms. The fourth-order valence-corrected chi connectivity index (χ4v) is 5.45. The summed E-state index contributed by atoms with van der Waals surface area (Å²) in [6, 6.07) is 9.11. The van der Waals surface area contributed by atoms with Crippen LogP contribution in [0.1, 0.15) is 49.7 Å². The van der Waals surface area contributed by atoms with E-state index in [1.165, 1.54) is 44.3 Å². The van der Waals surface area contributed by atoms with Crippen molar-refractivity contribution in [2.24, 2.45) is 5.92 Å². The van der Waals surface area contributed by atoms with Crippen LogP contribution in [0.3, 0.4) is 0 Å². The van der Waals surface area contributed by atoms with Gasteiger partial charge in [-0.05, 0) is 69.3 Å². The van der Waals surface area contributed by atoms with Crippen molar-refractivity contribution in [3.8, 4) is 11.8 Å². The third-order valence-electron chi connectivity index (χ3n) is 7.03. The van der Waals surface area contributed by atoms with E-state index in [9.17, 15) is 10.2 Å². The summed E-state index contributed by atoms with van der Waals surface area (Å²) in [5.74, 6) is 6.95. The van der Waals surface area contributed by atoms with Crippen LogP contribution in [0.15, 0.2) is 24.3 Å². The van der Waals surface area contributed by atoms with Crippen LogP contribution in [0.4, 0.5) is 0 Å². The molecule has 5 nitrogen and oxygen atoms in total. The molecule has 3 fully saturated rings. The molecule has 5 heteroatoms. The number of ether oxygens (including phenoxy) is 1. The van der Waals surface area contributed by atoms with Gasteiger partial charge in [0.25, 0.3) is 0 Å². The lowest BCUT2D eigenvalue weighted by molar-refractivity contribution is -0.0677. The summed E-state index contributed by atoms with van der Waals surface area (Å²) in [6.45, 7) is 8.25. The molecule has 0 amide bonds. The zero-order chi connectivity index (χ0) is 20.9. The minimum atomic E-state index is -0.611. The number of hydrogen-bond acceptors (Lipinski definition) is 5. The standard InChI is InChI=1S/C25H36N2O3/c1-19(29)4-5-20-6-8-22(9-7-20)25-23-17-26(16-21-10-14-30-15-11-21)12-2-3-13-27(23)24(25)18-28/h6-9,19,21,23-25,28-29H,2-3,10-18H2,1H3/t19-,23+,24-,25+/m1/s1. The van der Waals surface area contributed by atoms with E-state index in [4.69, 9.17) is 4.74 Å². The molecule has 3 heterocycles. The average Bonchev–Trinajstić information content (AvgIpc) is 2.74. The minimum absolute atomic E-state index is 0.213. The second-order valence-corrected chi connectivity index (χ2v) is 9.17. The fraction of sp³-hybridized carbons (Fsp3) is 0.680. The zero-order valence-corrected chi connectivity index (χ0v) is 18.2. The van der Waals surface area contributed by atoms with E-state index in [0.717, 1.165) is 37.8 Å². The maximum absolute atomic E-state index is 10.1. The number of nitrogens with zero attached hydrogens (tertiary/aromatic N) is 2. The highest BCUT2D eigenvalue weighted by atomic mass is 16.5. The highest BCUT2D eigenvalue weighted by Crippen LogP contribution is 2.42. The summed E-state index contributed by atoms with van der Waals surface area (Å²) >= 11 is 0. The SMILES string of the molecule is C[C@@H](O)C#Cc1ccc([C@@H]2[C@@H](CO)N3CCCCN(CC4CCOCC4)C[C@@H]23)cc1. The molecule has 2 N–H and O–H groups in total. The lowest BCUT2D eigenvalue weighted by Gasteiger charge is -2.57. The van der Waals surface area contributed by atoms with E-state index in [1.54, 1.807) is 6.92 Å². The van der Waals surface area contributed by atoms with Crippen LogP contribution in [0.5, 0.6) is 0 Å². The van der Waals surface area contributed by atoms with Gasteiger partial charge in [-0.25, -0.2) is 0 Å². The Kier molecular flexibility index (Phi) is 7.45. The van der Waals surface area contributed by atoms with Gasteiger partial charge in [0.05, 0.1) is 6.61 Å². The molecule has 3 aliphatic rings. The van der Waals surface area contributed by atoms with Gasteiger partial charge in [0.15, 0.2) is 0 Å². The third-order valence-corrected chi connectivity index (χ3v) is 7.03. The van der Waals surface area contributed by atoms with Gasteiger partial charge in [-0.2, -0.15) is 0 Å². The van der Waals surface area contributed by atoms with Crippen molar-refractivity contribution in [3.05, 3.63) is 35.4 Å². The first-order valence-electron chi connectivity index (χ1n) is 11.6. The molecule has 1 aromatic rings. The lowest BCUT2D eigenvalue weighted by Crippen LogP contribution is -2.67. The van der Waals surface area contributed by atoms with Gasteiger partial charge in [0.1, 0.15) is 6.10 Å². The van der Waals surface area contributed by atoms with Gasteiger partial charge in [0, 0.05) is 49.9 Å². The Morgan fingerprint density at radius 3 is 2.57 bits per heavy atom. The topological polar surface area (TPSA) is 56.2 Å². The number of fused-ring (bicyclic) bond motifs is 1. The molecule has 0 aliphatic carbocycles. The summed E-state index contributed by atoms with van der Waals surface area (Å²) in [7, 11) is 0. The lowest BCUT2D eigenvalue weighted by atomic mass is 9.74. The number of benzene rings is 1. The summed E-state index contributed by atoms with van der Waals surface area (Å²) in [4.78, 5) is 5.22. The zero-order valence-electron chi connectivity index (χ0n) is 18.2. The third kappa shape index (κ3) is 5.07. The van der Waals surface area contributed by atoms with E-state index in [1.807, 2.05) is 12.1 Å². The van der Waals surface area contributed by atoms with Crippen molar-refractivity contribution < 1.29 is 14.9 Å². The van der Waals surface area contributed by atoms with Gasteiger partial charge < -0.3 is 19.8 Å². The Labute approximate surface area is 181 Å². The van der Waals surface area contributed by atoms with Crippen molar-refractivity contribution in [1.82, 2.24) is 9.80 Å². The van der Waals surface area contributed by atoms with Crippen molar-refractivity contribution in [2.75, 3.05) is 46.0 Å². The minimum Gasteiger partial charge on any atom is -0.395 e. The van der Waals surface area contributed by atoms with Crippen LogP contribution in [0.2, 0.25) is 0 Å². The van der Waals surface area contributed by atoms with E-state index in [0.29, 0.717) is 12.0 Å². The molecular formula is C25H36N2O3. The molecule has 0 unspecified atom stereocenters. The normalized spacial score (nSPS) is 29.6. The van der Waals surface area contributed by atoms with E-state index in [2.05, 4.69) is 33.8 Å². The van der Waals surface area contributed by atoms with Crippen molar-refractivity contribution in [3.63, 3.8) is 0 Å². The number of rotatable bonds is 4. The fourth-order valence-electron chi connectivity index (χ4n) is 5.45. The van der Waals surface area contributed by atoms with Crippen LogP contribution in [-0.2, 0) is 4.74 Å². The number of aliphatic hydroxyl groups excluding tert-OH is 2. The molecule has 3 saturated heterocycles. The van der Waals surface area contributed by atoms with Crippen molar-refractivity contribution in [2.45, 2.75) is 56.7 Å². The maximum Gasteiger partial charge on any atom is 0.112 e. The van der Waals surface area contributed by atoms with Crippen LogP contribution >= 0.6 is 0 Å². The second kappa shape index (κ2) is 10.3. The van der Waals surface area contributed by atoms with E-state index < -0.39 is 6.10 Å². The predicted molar refractivity (Wildman–Crippen MR) is 118 cm³/mol. The molecule has 0 aromatic heterocycles. The number of aliphatic hydroxyl groups is 2. The molecule has 164 valence electrons. The van der Waals surface area contributed by atoms with Crippen molar-refractivity contribution >= 4 is 0 Å². The summed E-state index contributed by atoms with van der Waals surface area (Å²) in [6.07, 6.45) is 4.20. The Morgan fingerprint density at radius 2 is 1.87 bits per heavy atom. The number of hydrogen-bond donors (Lipinski definition) is 2. The van der Waals surface area contributed by atoms with E-state index >= 15 is 0 Å². The van der Waals surface area contributed by atoms with Crippen molar-refractivity contribution in [1.29, 1.82) is 0 Å². The summed E-state index contributed by atoms with van der Waals surface area (Å²) in [5, 5.41) is 19.5. The summed E-state index contributed by atoms with van der Waals surface area (Å²) in [5.41, 5.74) is 2.22. The predicted octanol–water partition coefficient (Wildman–Crippen LogP) is 2.07. The van der Waals surface area contributed by atoms with Crippen LogP contribution in [-0.4, -0.2) is 84.2 Å². The van der Waals surface area contributed by atoms with Gasteiger partial charge in [-0.1, -0.05) is 24.0 Å². The monoisotopic (exact) mass is 412 g/mol. The van der Waals surface area contributed by atoms with Crippen LogP contribution < -0.4 is 0 Å². The van der Waals surface area contributed by atoms with Gasteiger partial charge in [-0.15, -0.1) is 0 Å². The van der Waals surface area contributed by atoms with Gasteiger partial charge in [0.2, 0.25) is 0 Å². The smallest absolute Gasteiger partial charge is 0.112 e. The Bertz CT molecular complexity index is 733. The van der Waals surface area contributed by atoms with Gasteiger partial charge >= 0.3 is 0 Å². The molecule has 30 heavy (non-hydrogen) atoms. The molecule has 1 aromatic carbocycles. The molecule has 4 rings (SSSR count). The first-order valence-corrected chi connectivity index (χ1v) is 11.6. The summed E-state index contributed by atoms with van der Waals surface area (Å²) < 4.78 is 5.55. The van der Waals surface area contributed by atoms with Gasteiger partial charge in [-0.3, -0.25) is 4.90 Å². The molecule has 0 spiro atoms. The Morgan fingerprint density at radius 1 is 1.13 bits per heavy atom. The Hall–Kier alpha value is -1.42. The first-order chi connectivity index (χ1) is 14.7. The first kappa shape index (κ1) is 21.8. The molecular weight excluding hydrogens is 376 g/mol. The highest BCUT2D eigenvalue weighted by molar-refractivity contribution is 5.39. The second-order valence-electron chi connectivity index (χ2n) is 9.17. The molecule has 0 saturated carbocycles. The Balaban J connectivity index is 1.47. The maximum atomic E-state index is 10.1.